The normalized spacial score (nSPS) is 9.68. The highest BCUT2D eigenvalue weighted by atomic mass is 28.2. The summed E-state index contributed by atoms with van der Waals surface area (Å²) in [7, 11) is 0.709. The molecule has 0 saturated heterocycles. The van der Waals surface area contributed by atoms with Crippen LogP contribution >= 0.6 is 0 Å². The van der Waals surface area contributed by atoms with Gasteiger partial charge in [-0.25, -0.2) is 4.79 Å². The Morgan fingerprint density at radius 1 is 1.11 bits per heavy atom. The summed E-state index contributed by atoms with van der Waals surface area (Å²) in [6.07, 6.45) is 0. The summed E-state index contributed by atoms with van der Waals surface area (Å²) in [6, 6.07) is 15.8. The van der Waals surface area contributed by atoms with E-state index in [2.05, 4.69) is 6.55 Å². The van der Waals surface area contributed by atoms with E-state index in [9.17, 15) is 4.79 Å². The van der Waals surface area contributed by atoms with Gasteiger partial charge < -0.3 is 4.74 Å². The van der Waals surface area contributed by atoms with E-state index in [1.807, 2.05) is 18.2 Å². The largest absolute Gasteiger partial charge is 0.423 e. The summed E-state index contributed by atoms with van der Waals surface area (Å²) in [6.45, 7) is 2.09. The van der Waals surface area contributed by atoms with Gasteiger partial charge in [-0.2, -0.15) is 5.26 Å². The van der Waals surface area contributed by atoms with Crippen molar-refractivity contribution in [2.45, 2.75) is 6.55 Å². The lowest BCUT2D eigenvalue weighted by Gasteiger charge is -2.04. The van der Waals surface area contributed by atoms with Crippen molar-refractivity contribution in [3.8, 4) is 11.8 Å². The Labute approximate surface area is 114 Å². The van der Waals surface area contributed by atoms with Crippen LogP contribution in [0.15, 0.2) is 48.5 Å². The molecule has 2 radical (unpaired) electrons. The Bertz CT molecular complexity index is 612. The quantitative estimate of drug-likeness (QED) is 0.485. The molecule has 0 bridgehead atoms. The summed E-state index contributed by atoms with van der Waals surface area (Å²) >= 11 is 0. The number of ether oxygens (including phenoxy) is 1. The van der Waals surface area contributed by atoms with Gasteiger partial charge in [-0.15, -0.1) is 0 Å². The van der Waals surface area contributed by atoms with Gasteiger partial charge in [0, 0.05) is 0 Å². The molecule has 4 heteroatoms. The van der Waals surface area contributed by atoms with Crippen LogP contribution in [-0.2, 0) is 0 Å². The van der Waals surface area contributed by atoms with Gasteiger partial charge in [-0.05, 0) is 36.4 Å². The van der Waals surface area contributed by atoms with Gasteiger partial charge in [0.15, 0.2) is 0 Å². The Balaban J connectivity index is 2.09. The maximum absolute atomic E-state index is 11.9. The fourth-order valence-corrected chi connectivity index (χ4v) is 2.04. The van der Waals surface area contributed by atoms with E-state index in [4.69, 9.17) is 10.00 Å². The highest BCUT2D eigenvalue weighted by molar-refractivity contribution is 6.51. The topological polar surface area (TPSA) is 50.1 Å². The van der Waals surface area contributed by atoms with Gasteiger partial charge >= 0.3 is 5.97 Å². The second kappa shape index (κ2) is 5.98. The van der Waals surface area contributed by atoms with Crippen molar-refractivity contribution >= 4 is 20.7 Å². The van der Waals surface area contributed by atoms with Crippen LogP contribution in [0, 0.1) is 11.3 Å². The molecule has 2 aromatic carbocycles. The molecule has 92 valence electrons. The molecule has 0 atom stereocenters. The minimum absolute atomic E-state index is 0.393. The van der Waals surface area contributed by atoms with Gasteiger partial charge in [0.25, 0.3) is 0 Å². The number of hydrogen-bond donors (Lipinski definition) is 0. The minimum Gasteiger partial charge on any atom is -0.423 e. The van der Waals surface area contributed by atoms with Crippen LogP contribution < -0.4 is 9.92 Å². The second-order valence-electron chi connectivity index (χ2n) is 3.85. The van der Waals surface area contributed by atoms with Crippen LogP contribution in [-0.4, -0.2) is 15.5 Å². The van der Waals surface area contributed by atoms with Crippen molar-refractivity contribution in [3.05, 3.63) is 59.7 Å². The Hall–Kier alpha value is -2.38. The lowest BCUT2D eigenvalue weighted by Crippen LogP contribution is -2.13. The summed E-state index contributed by atoms with van der Waals surface area (Å²) in [5.74, 6) is 0.0427. The molecule has 0 fully saturated rings. The molecular weight excluding hydrogens is 254 g/mol. The molecule has 3 nitrogen and oxygen atoms in total. The van der Waals surface area contributed by atoms with E-state index in [0.717, 1.165) is 0 Å². The molecule has 0 spiro atoms. The monoisotopic (exact) mass is 265 g/mol. The smallest absolute Gasteiger partial charge is 0.343 e. The van der Waals surface area contributed by atoms with Crippen LogP contribution in [0.5, 0.6) is 5.75 Å². The number of carbonyl (C=O) groups is 1. The summed E-state index contributed by atoms with van der Waals surface area (Å²) < 4.78 is 5.23. The van der Waals surface area contributed by atoms with E-state index < -0.39 is 5.97 Å². The summed E-state index contributed by atoms with van der Waals surface area (Å²) in [4.78, 5) is 11.9. The Morgan fingerprint density at radius 2 is 1.74 bits per heavy atom. The second-order valence-corrected chi connectivity index (χ2v) is 4.93. The number of hydrogen-bond acceptors (Lipinski definition) is 3. The van der Waals surface area contributed by atoms with E-state index in [1.165, 1.54) is 5.19 Å². The zero-order valence-corrected chi connectivity index (χ0v) is 11.4. The van der Waals surface area contributed by atoms with E-state index in [-0.39, 0.29) is 0 Å². The lowest BCUT2D eigenvalue weighted by atomic mass is 10.2. The van der Waals surface area contributed by atoms with Gasteiger partial charge in [0.05, 0.1) is 26.7 Å². The number of esters is 1. The summed E-state index contributed by atoms with van der Waals surface area (Å²) in [5.41, 5.74) is 1.06. The molecule has 0 heterocycles. The van der Waals surface area contributed by atoms with Crippen LogP contribution in [0.3, 0.4) is 0 Å². The molecule has 19 heavy (non-hydrogen) atoms. The molecule has 0 aliphatic heterocycles. The van der Waals surface area contributed by atoms with E-state index >= 15 is 0 Å². The predicted octanol–water partition coefficient (Wildman–Crippen LogP) is 2.16. The molecule has 0 aromatic heterocycles. The van der Waals surface area contributed by atoms with E-state index in [0.29, 0.717) is 26.4 Å². The predicted molar refractivity (Wildman–Crippen MR) is 73.8 cm³/mol. The van der Waals surface area contributed by atoms with Crippen molar-refractivity contribution in [1.82, 2.24) is 0 Å². The molecular formula is C15H11NO2Si. The van der Waals surface area contributed by atoms with E-state index in [1.54, 1.807) is 36.4 Å². The standard InChI is InChI=1S/C15H11NO2Si/c1-19-14-8-4-12(5-9-14)15(17)18-13-6-2-11(10-16)3-7-13/h2-9H,1H3. The van der Waals surface area contributed by atoms with Crippen molar-refractivity contribution in [2.24, 2.45) is 0 Å². The number of nitrogens with zero attached hydrogens (tertiary/aromatic N) is 1. The average Bonchev–Trinajstić information content (AvgIpc) is 2.48. The first-order valence-electron chi connectivity index (χ1n) is 5.73. The molecule has 0 saturated carbocycles. The number of benzene rings is 2. The van der Waals surface area contributed by atoms with Crippen molar-refractivity contribution in [3.63, 3.8) is 0 Å². The molecule has 0 unspecified atom stereocenters. The number of rotatable bonds is 3. The molecule has 2 aromatic rings. The third-order valence-electron chi connectivity index (χ3n) is 2.60. The van der Waals surface area contributed by atoms with Crippen LogP contribution in [0.25, 0.3) is 0 Å². The van der Waals surface area contributed by atoms with Crippen molar-refractivity contribution in [1.29, 1.82) is 5.26 Å². The molecule has 0 amide bonds. The van der Waals surface area contributed by atoms with Crippen LogP contribution in [0.1, 0.15) is 15.9 Å². The molecule has 0 N–H and O–H groups in total. The minimum atomic E-state index is -0.393. The van der Waals surface area contributed by atoms with Crippen molar-refractivity contribution < 1.29 is 9.53 Å². The van der Waals surface area contributed by atoms with Gasteiger partial charge in [0.1, 0.15) is 5.75 Å². The Morgan fingerprint density at radius 3 is 2.26 bits per heavy atom. The first kappa shape index (κ1) is 13.1. The molecule has 0 aliphatic carbocycles. The molecule has 2 rings (SSSR count). The number of carbonyl (C=O) groups excluding carboxylic acids is 1. The van der Waals surface area contributed by atoms with Gasteiger partial charge in [-0.1, -0.05) is 23.9 Å². The zero-order valence-electron chi connectivity index (χ0n) is 10.4. The van der Waals surface area contributed by atoms with Crippen LogP contribution in [0.2, 0.25) is 6.55 Å². The van der Waals surface area contributed by atoms with Gasteiger partial charge in [-0.3, -0.25) is 0 Å². The SMILES string of the molecule is C[Si]c1ccc(C(=O)Oc2ccc(C#N)cc2)cc1. The highest BCUT2D eigenvalue weighted by Crippen LogP contribution is 2.13. The summed E-state index contributed by atoms with van der Waals surface area (Å²) in [5, 5.41) is 9.88. The zero-order chi connectivity index (χ0) is 13.7. The van der Waals surface area contributed by atoms with Crippen molar-refractivity contribution in [2.75, 3.05) is 0 Å². The maximum atomic E-state index is 11.9. The number of nitriles is 1. The molecule has 0 aliphatic rings. The first-order chi connectivity index (χ1) is 9.22. The fourth-order valence-electron chi connectivity index (χ4n) is 1.54. The third kappa shape index (κ3) is 3.30. The average molecular weight is 265 g/mol. The van der Waals surface area contributed by atoms with Crippen LogP contribution in [0.4, 0.5) is 0 Å². The third-order valence-corrected chi connectivity index (χ3v) is 3.51. The fraction of sp³-hybridized carbons (Fsp3) is 0.0667. The lowest BCUT2D eigenvalue weighted by molar-refractivity contribution is 0.0735. The highest BCUT2D eigenvalue weighted by Gasteiger charge is 2.08. The van der Waals surface area contributed by atoms with Gasteiger partial charge in [0.2, 0.25) is 0 Å². The maximum Gasteiger partial charge on any atom is 0.343 e. The first-order valence-corrected chi connectivity index (χ1v) is 7.23. The Kier molecular flexibility index (Phi) is 4.11.